The highest BCUT2D eigenvalue weighted by Crippen LogP contribution is 2.31. The molecule has 0 radical (unpaired) electrons. The Labute approximate surface area is 95.5 Å². The molecule has 2 rings (SSSR count). The van der Waals surface area contributed by atoms with Gasteiger partial charge in [0.25, 0.3) is 5.91 Å². The molecule has 1 fully saturated rings. The summed E-state index contributed by atoms with van der Waals surface area (Å²) in [6, 6.07) is 4.92. The summed E-state index contributed by atoms with van der Waals surface area (Å²) in [5.74, 6) is 1.01. The Morgan fingerprint density at radius 3 is 2.88 bits per heavy atom. The standard InChI is InChI=1S/C13H17NO2/c1-9-8-11(4-5-12(9)15)13(16)14-7-6-10-2-3-10/h4-5,8,10,15H,2-3,6-7H2,1H3,(H,14,16). The topological polar surface area (TPSA) is 49.3 Å². The number of nitrogens with one attached hydrogen (secondary N) is 1. The number of benzene rings is 1. The molecule has 3 heteroatoms. The molecule has 0 atom stereocenters. The number of carbonyl (C=O) groups excluding carboxylic acids is 1. The maximum absolute atomic E-state index is 11.7. The third-order valence-corrected chi connectivity index (χ3v) is 2.99. The number of rotatable bonds is 4. The van der Waals surface area contributed by atoms with Crippen LogP contribution >= 0.6 is 0 Å². The number of amides is 1. The molecule has 1 aromatic rings. The van der Waals surface area contributed by atoms with Crippen LogP contribution in [0.25, 0.3) is 0 Å². The number of aromatic hydroxyl groups is 1. The summed E-state index contributed by atoms with van der Waals surface area (Å²) in [4.78, 5) is 11.7. The van der Waals surface area contributed by atoms with Crippen molar-refractivity contribution in [2.24, 2.45) is 5.92 Å². The molecular formula is C13H17NO2. The number of phenolic OH excluding ortho intramolecular Hbond substituents is 1. The third kappa shape index (κ3) is 2.75. The fourth-order valence-electron chi connectivity index (χ4n) is 1.70. The Morgan fingerprint density at radius 2 is 2.25 bits per heavy atom. The van der Waals surface area contributed by atoms with Gasteiger partial charge in [0.2, 0.25) is 0 Å². The van der Waals surface area contributed by atoms with Crippen LogP contribution in [0.15, 0.2) is 18.2 Å². The minimum absolute atomic E-state index is 0.0521. The molecule has 0 aromatic heterocycles. The van der Waals surface area contributed by atoms with Gasteiger partial charge in [-0.1, -0.05) is 12.8 Å². The molecule has 0 bridgehead atoms. The summed E-state index contributed by atoms with van der Waals surface area (Å²) < 4.78 is 0. The first-order valence-electron chi connectivity index (χ1n) is 5.74. The summed E-state index contributed by atoms with van der Waals surface area (Å²) in [7, 11) is 0. The highest BCUT2D eigenvalue weighted by atomic mass is 16.3. The van der Waals surface area contributed by atoms with Crippen molar-refractivity contribution in [1.29, 1.82) is 0 Å². The lowest BCUT2D eigenvalue weighted by atomic mass is 10.1. The van der Waals surface area contributed by atoms with E-state index >= 15 is 0 Å². The van der Waals surface area contributed by atoms with Crippen LogP contribution in [0.2, 0.25) is 0 Å². The van der Waals surface area contributed by atoms with Crippen molar-refractivity contribution < 1.29 is 9.90 Å². The van der Waals surface area contributed by atoms with Crippen LogP contribution in [0.3, 0.4) is 0 Å². The van der Waals surface area contributed by atoms with E-state index < -0.39 is 0 Å². The molecule has 0 spiro atoms. The van der Waals surface area contributed by atoms with Crippen molar-refractivity contribution in [3.05, 3.63) is 29.3 Å². The van der Waals surface area contributed by atoms with Crippen LogP contribution in [0.4, 0.5) is 0 Å². The maximum atomic E-state index is 11.7. The number of aryl methyl sites for hydroxylation is 1. The number of phenols is 1. The molecule has 1 aliphatic carbocycles. The summed E-state index contributed by atoms with van der Waals surface area (Å²) in [6.45, 7) is 2.54. The van der Waals surface area contributed by atoms with Crippen molar-refractivity contribution in [3.63, 3.8) is 0 Å². The van der Waals surface area contributed by atoms with Crippen LogP contribution in [0.1, 0.15) is 35.2 Å². The lowest BCUT2D eigenvalue weighted by Gasteiger charge is -2.06. The smallest absolute Gasteiger partial charge is 0.251 e. The highest BCUT2D eigenvalue weighted by Gasteiger charge is 2.20. The lowest BCUT2D eigenvalue weighted by molar-refractivity contribution is 0.0952. The van der Waals surface area contributed by atoms with E-state index in [0.717, 1.165) is 24.4 Å². The van der Waals surface area contributed by atoms with Gasteiger partial charge in [-0.15, -0.1) is 0 Å². The van der Waals surface area contributed by atoms with E-state index in [2.05, 4.69) is 5.32 Å². The lowest BCUT2D eigenvalue weighted by Crippen LogP contribution is -2.24. The van der Waals surface area contributed by atoms with Gasteiger partial charge in [-0.05, 0) is 43.0 Å². The van der Waals surface area contributed by atoms with Gasteiger partial charge in [-0.2, -0.15) is 0 Å². The number of hydrogen-bond acceptors (Lipinski definition) is 2. The predicted molar refractivity (Wildman–Crippen MR) is 62.5 cm³/mol. The van der Waals surface area contributed by atoms with Gasteiger partial charge >= 0.3 is 0 Å². The normalized spacial score (nSPS) is 14.8. The molecule has 1 aromatic carbocycles. The summed E-state index contributed by atoms with van der Waals surface area (Å²) in [6.07, 6.45) is 3.71. The van der Waals surface area contributed by atoms with E-state index in [0.29, 0.717) is 5.56 Å². The molecule has 1 amide bonds. The number of hydrogen-bond donors (Lipinski definition) is 2. The van der Waals surface area contributed by atoms with E-state index in [1.807, 2.05) is 0 Å². The molecule has 0 aliphatic heterocycles. The second-order valence-corrected chi connectivity index (χ2v) is 4.49. The SMILES string of the molecule is Cc1cc(C(=O)NCCC2CC2)ccc1O. The Bertz CT molecular complexity index is 397. The minimum atomic E-state index is -0.0521. The fourth-order valence-corrected chi connectivity index (χ4v) is 1.70. The Kier molecular flexibility index (Phi) is 3.13. The Balaban J connectivity index is 1.88. The molecule has 0 unspecified atom stereocenters. The molecule has 1 aliphatic rings. The van der Waals surface area contributed by atoms with Gasteiger partial charge < -0.3 is 10.4 Å². The molecule has 2 N–H and O–H groups in total. The molecule has 16 heavy (non-hydrogen) atoms. The van der Waals surface area contributed by atoms with E-state index in [-0.39, 0.29) is 11.7 Å². The molecule has 1 saturated carbocycles. The van der Waals surface area contributed by atoms with Crippen molar-refractivity contribution in [2.75, 3.05) is 6.54 Å². The van der Waals surface area contributed by atoms with Gasteiger partial charge in [0.15, 0.2) is 0 Å². The quantitative estimate of drug-likeness (QED) is 0.815. The van der Waals surface area contributed by atoms with E-state index in [1.54, 1.807) is 25.1 Å². The summed E-state index contributed by atoms with van der Waals surface area (Å²) in [5, 5.41) is 12.2. The predicted octanol–water partition coefficient (Wildman–Crippen LogP) is 2.23. The minimum Gasteiger partial charge on any atom is -0.508 e. The van der Waals surface area contributed by atoms with Crippen LogP contribution in [0, 0.1) is 12.8 Å². The summed E-state index contributed by atoms with van der Waals surface area (Å²) >= 11 is 0. The van der Waals surface area contributed by atoms with Crippen molar-refractivity contribution in [2.45, 2.75) is 26.2 Å². The van der Waals surface area contributed by atoms with Gasteiger partial charge in [0.1, 0.15) is 5.75 Å². The average Bonchev–Trinajstić information content (AvgIpc) is 3.06. The zero-order chi connectivity index (χ0) is 11.5. The van der Waals surface area contributed by atoms with Crippen LogP contribution in [-0.4, -0.2) is 17.6 Å². The average molecular weight is 219 g/mol. The van der Waals surface area contributed by atoms with Crippen LogP contribution in [0.5, 0.6) is 5.75 Å². The molecule has 0 heterocycles. The monoisotopic (exact) mass is 219 g/mol. The van der Waals surface area contributed by atoms with E-state index in [4.69, 9.17) is 0 Å². The zero-order valence-corrected chi connectivity index (χ0v) is 9.49. The largest absolute Gasteiger partial charge is 0.508 e. The van der Waals surface area contributed by atoms with Gasteiger partial charge in [0.05, 0.1) is 0 Å². The Morgan fingerprint density at radius 1 is 1.50 bits per heavy atom. The first-order valence-corrected chi connectivity index (χ1v) is 5.74. The summed E-state index contributed by atoms with van der Waals surface area (Å²) in [5.41, 5.74) is 1.35. The van der Waals surface area contributed by atoms with Crippen molar-refractivity contribution in [3.8, 4) is 5.75 Å². The van der Waals surface area contributed by atoms with Gasteiger partial charge in [-0.25, -0.2) is 0 Å². The van der Waals surface area contributed by atoms with Gasteiger partial charge in [0, 0.05) is 12.1 Å². The second kappa shape index (κ2) is 4.56. The highest BCUT2D eigenvalue weighted by molar-refractivity contribution is 5.94. The van der Waals surface area contributed by atoms with Crippen LogP contribution in [-0.2, 0) is 0 Å². The Hall–Kier alpha value is -1.51. The molecular weight excluding hydrogens is 202 g/mol. The van der Waals surface area contributed by atoms with Gasteiger partial charge in [-0.3, -0.25) is 4.79 Å². The molecule has 3 nitrogen and oxygen atoms in total. The first-order chi connectivity index (χ1) is 7.66. The van der Waals surface area contributed by atoms with E-state index in [1.165, 1.54) is 12.8 Å². The zero-order valence-electron chi connectivity index (χ0n) is 9.49. The van der Waals surface area contributed by atoms with Crippen LogP contribution < -0.4 is 5.32 Å². The number of carbonyl (C=O) groups is 1. The maximum Gasteiger partial charge on any atom is 0.251 e. The second-order valence-electron chi connectivity index (χ2n) is 4.49. The van der Waals surface area contributed by atoms with Crippen molar-refractivity contribution >= 4 is 5.91 Å². The molecule has 86 valence electrons. The third-order valence-electron chi connectivity index (χ3n) is 2.99. The van der Waals surface area contributed by atoms with E-state index in [9.17, 15) is 9.90 Å². The fraction of sp³-hybridized carbons (Fsp3) is 0.462. The molecule has 0 saturated heterocycles. The van der Waals surface area contributed by atoms with Crippen molar-refractivity contribution in [1.82, 2.24) is 5.32 Å². The first kappa shape index (κ1) is 11.0.